The molecule has 0 heterocycles. The van der Waals surface area contributed by atoms with Crippen LogP contribution in [-0.4, -0.2) is 22.2 Å². The molecular weight excluding hydrogens is 316 g/mol. The van der Waals surface area contributed by atoms with Gasteiger partial charge in [-0.1, -0.05) is 34.9 Å². The number of carboxylic acids is 2. The topological polar surface area (TPSA) is 74.6 Å². The van der Waals surface area contributed by atoms with Gasteiger partial charge in [-0.25, -0.2) is 0 Å². The fourth-order valence-electron chi connectivity index (χ4n) is 3.32. The highest BCUT2D eigenvalue weighted by Crippen LogP contribution is 2.51. The summed E-state index contributed by atoms with van der Waals surface area (Å²) >= 11 is 0. The van der Waals surface area contributed by atoms with E-state index >= 15 is 0 Å². The monoisotopic (exact) mass is 348 g/mol. The minimum absolute atomic E-state index is 0.268. The summed E-state index contributed by atoms with van der Waals surface area (Å²) in [5.41, 5.74) is 1.18. The van der Waals surface area contributed by atoms with Crippen molar-refractivity contribution >= 4 is 11.9 Å². The quantitative estimate of drug-likeness (QED) is 0.579. The minimum Gasteiger partial charge on any atom is -0.481 e. The second-order valence-corrected chi connectivity index (χ2v) is 7.93. The highest BCUT2D eigenvalue weighted by Gasteiger charge is 2.56. The van der Waals surface area contributed by atoms with Crippen LogP contribution < -0.4 is 0 Å². The second kappa shape index (κ2) is 8.50. The Hall–Kier alpha value is -1.84. The fraction of sp³-hybridized carbons (Fsp3) is 0.619. The summed E-state index contributed by atoms with van der Waals surface area (Å²) < 4.78 is 0. The van der Waals surface area contributed by atoms with Gasteiger partial charge in [0.2, 0.25) is 0 Å². The summed E-state index contributed by atoms with van der Waals surface area (Å²) in [7, 11) is 0. The molecule has 0 radical (unpaired) electrons. The molecule has 2 atom stereocenters. The van der Waals surface area contributed by atoms with Crippen molar-refractivity contribution in [3.8, 4) is 0 Å². The van der Waals surface area contributed by atoms with Gasteiger partial charge in [0.25, 0.3) is 0 Å². The first-order valence-electron chi connectivity index (χ1n) is 8.96. The third-order valence-corrected chi connectivity index (χ3v) is 5.59. The van der Waals surface area contributed by atoms with Crippen LogP contribution in [0.4, 0.5) is 0 Å². The van der Waals surface area contributed by atoms with Crippen LogP contribution in [0.1, 0.15) is 73.1 Å². The summed E-state index contributed by atoms with van der Waals surface area (Å²) in [6.45, 7) is 9.43. The van der Waals surface area contributed by atoms with E-state index in [1.807, 2.05) is 6.08 Å². The molecule has 0 aromatic rings. The van der Waals surface area contributed by atoms with E-state index in [2.05, 4.69) is 32.9 Å². The average Bonchev–Trinajstić information content (AvgIpc) is 2.50. The molecule has 0 amide bonds. The van der Waals surface area contributed by atoms with Gasteiger partial charge in [0.15, 0.2) is 0 Å². The first kappa shape index (κ1) is 21.2. The number of hydrogen-bond acceptors (Lipinski definition) is 2. The largest absolute Gasteiger partial charge is 0.481 e. The van der Waals surface area contributed by atoms with Gasteiger partial charge < -0.3 is 10.2 Å². The standard InChI is InChI=1S/C21H32O4/c1-15(2)8-6-9-16(3)10-7-11-17-12-13-20(4,18(22)23)21(5,14-17)19(24)25/h8,10,12H,6-7,9,11,13-14H2,1-5H3,(H,22,23)(H,24,25)/b16-10+/t20-,21+/m0/s1. The number of aliphatic carboxylic acids is 2. The third-order valence-electron chi connectivity index (χ3n) is 5.59. The lowest BCUT2D eigenvalue weighted by atomic mass is 9.58. The van der Waals surface area contributed by atoms with Gasteiger partial charge in [-0.2, -0.15) is 0 Å². The van der Waals surface area contributed by atoms with E-state index < -0.39 is 22.8 Å². The zero-order chi connectivity index (χ0) is 19.3. The highest BCUT2D eigenvalue weighted by molar-refractivity contribution is 5.87. The molecule has 25 heavy (non-hydrogen) atoms. The number of hydrogen-bond donors (Lipinski definition) is 2. The van der Waals surface area contributed by atoms with E-state index in [0.717, 1.165) is 31.3 Å². The highest BCUT2D eigenvalue weighted by atomic mass is 16.4. The van der Waals surface area contributed by atoms with Crippen molar-refractivity contribution < 1.29 is 19.8 Å². The maximum absolute atomic E-state index is 11.8. The first-order valence-corrected chi connectivity index (χ1v) is 8.96. The minimum atomic E-state index is -1.27. The van der Waals surface area contributed by atoms with Gasteiger partial charge in [0.1, 0.15) is 0 Å². The van der Waals surface area contributed by atoms with Crippen molar-refractivity contribution in [3.63, 3.8) is 0 Å². The second-order valence-electron chi connectivity index (χ2n) is 7.93. The van der Waals surface area contributed by atoms with Crippen molar-refractivity contribution in [2.24, 2.45) is 10.8 Å². The number of rotatable bonds is 8. The molecule has 0 aromatic carbocycles. The predicted molar refractivity (Wildman–Crippen MR) is 100 cm³/mol. The van der Waals surface area contributed by atoms with Crippen LogP contribution in [-0.2, 0) is 9.59 Å². The van der Waals surface area contributed by atoms with Crippen molar-refractivity contribution in [1.82, 2.24) is 0 Å². The van der Waals surface area contributed by atoms with Crippen LogP contribution in [0.15, 0.2) is 34.9 Å². The Morgan fingerprint density at radius 2 is 1.64 bits per heavy atom. The lowest BCUT2D eigenvalue weighted by molar-refractivity contribution is -0.171. The van der Waals surface area contributed by atoms with Crippen molar-refractivity contribution in [3.05, 3.63) is 34.9 Å². The van der Waals surface area contributed by atoms with Crippen molar-refractivity contribution in [2.45, 2.75) is 73.1 Å². The molecule has 0 unspecified atom stereocenters. The fourth-order valence-corrected chi connectivity index (χ4v) is 3.32. The summed E-state index contributed by atoms with van der Waals surface area (Å²) in [5, 5.41) is 19.2. The maximum Gasteiger partial charge on any atom is 0.310 e. The van der Waals surface area contributed by atoms with Crippen LogP contribution in [0.3, 0.4) is 0 Å². The van der Waals surface area contributed by atoms with E-state index in [9.17, 15) is 19.8 Å². The normalized spacial score (nSPS) is 26.8. The molecule has 0 spiro atoms. The molecule has 0 aromatic heterocycles. The van der Waals surface area contributed by atoms with Gasteiger partial charge in [-0.3, -0.25) is 9.59 Å². The molecule has 0 saturated carbocycles. The molecule has 1 aliphatic rings. The van der Waals surface area contributed by atoms with Crippen LogP contribution in [0, 0.1) is 10.8 Å². The van der Waals surface area contributed by atoms with Crippen LogP contribution in [0.2, 0.25) is 0 Å². The average molecular weight is 348 g/mol. The third kappa shape index (κ3) is 5.07. The lowest BCUT2D eigenvalue weighted by Crippen LogP contribution is -2.50. The van der Waals surface area contributed by atoms with Gasteiger partial charge in [-0.05, 0) is 73.1 Å². The zero-order valence-electron chi connectivity index (χ0n) is 16.2. The number of carboxylic acid groups (broad SMARTS) is 2. The Kier molecular flexibility index (Phi) is 7.21. The molecule has 2 N–H and O–H groups in total. The summed E-state index contributed by atoms with van der Waals surface area (Å²) in [4.78, 5) is 23.4. The van der Waals surface area contributed by atoms with Gasteiger partial charge in [-0.15, -0.1) is 0 Å². The Balaban J connectivity index is 2.73. The summed E-state index contributed by atoms with van der Waals surface area (Å²) in [5.74, 6) is -2.07. The SMILES string of the molecule is CC(C)=CCC/C(C)=C/CCC1=CC[C@@](C)(C(=O)O)[C@@](C)(C(=O)O)C1. The number of carbonyl (C=O) groups is 2. The van der Waals surface area contributed by atoms with Gasteiger partial charge in [0, 0.05) is 0 Å². The Morgan fingerprint density at radius 3 is 2.16 bits per heavy atom. The van der Waals surface area contributed by atoms with Crippen molar-refractivity contribution in [2.75, 3.05) is 0 Å². The molecule has 4 nitrogen and oxygen atoms in total. The molecule has 140 valence electrons. The van der Waals surface area contributed by atoms with Gasteiger partial charge in [0.05, 0.1) is 10.8 Å². The Bertz CT molecular complexity index is 607. The van der Waals surface area contributed by atoms with Gasteiger partial charge >= 0.3 is 11.9 Å². The molecule has 0 fully saturated rings. The van der Waals surface area contributed by atoms with E-state index in [4.69, 9.17) is 0 Å². The zero-order valence-corrected chi connectivity index (χ0v) is 16.2. The molecule has 4 heteroatoms. The smallest absolute Gasteiger partial charge is 0.310 e. The molecule has 0 bridgehead atoms. The van der Waals surface area contributed by atoms with E-state index in [1.165, 1.54) is 11.1 Å². The van der Waals surface area contributed by atoms with Crippen LogP contribution in [0.5, 0.6) is 0 Å². The lowest BCUT2D eigenvalue weighted by Gasteiger charge is -2.43. The Morgan fingerprint density at radius 1 is 1.04 bits per heavy atom. The summed E-state index contributed by atoms with van der Waals surface area (Å²) in [6, 6.07) is 0. The van der Waals surface area contributed by atoms with E-state index in [0.29, 0.717) is 6.42 Å². The van der Waals surface area contributed by atoms with E-state index in [-0.39, 0.29) is 6.42 Å². The maximum atomic E-state index is 11.8. The van der Waals surface area contributed by atoms with Crippen molar-refractivity contribution in [1.29, 1.82) is 0 Å². The van der Waals surface area contributed by atoms with Crippen LogP contribution >= 0.6 is 0 Å². The molecular formula is C21H32O4. The van der Waals surface area contributed by atoms with E-state index in [1.54, 1.807) is 13.8 Å². The number of allylic oxidation sites excluding steroid dienone is 6. The Labute approximate surface area is 151 Å². The molecule has 1 rings (SSSR count). The predicted octanol–water partition coefficient (Wildman–Crippen LogP) is 5.36. The molecule has 1 aliphatic carbocycles. The first-order chi connectivity index (χ1) is 11.5. The molecule has 0 aliphatic heterocycles. The molecule has 0 saturated heterocycles. The summed E-state index contributed by atoms with van der Waals surface area (Å²) in [6.07, 6.45) is 10.7. The van der Waals surface area contributed by atoms with Crippen LogP contribution in [0.25, 0.3) is 0 Å².